The maximum absolute atomic E-state index is 4.28. The summed E-state index contributed by atoms with van der Waals surface area (Å²) in [6, 6.07) is 16.3. The van der Waals surface area contributed by atoms with Gasteiger partial charge in [0.25, 0.3) is 0 Å². The first-order valence-electron chi connectivity index (χ1n) is 7.68. The molecule has 0 aliphatic rings. The van der Waals surface area contributed by atoms with Gasteiger partial charge < -0.3 is 5.32 Å². The molecule has 0 fully saturated rings. The van der Waals surface area contributed by atoms with Crippen molar-refractivity contribution in [3.05, 3.63) is 65.5 Å². The molecule has 118 valence electrons. The van der Waals surface area contributed by atoms with Gasteiger partial charge in [-0.15, -0.1) is 5.10 Å². The molecule has 0 amide bonds. The van der Waals surface area contributed by atoms with E-state index >= 15 is 0 Å². The lowest BCUT2D eigenvalue weighted by Gasteiger charge is -2.27. The Kier molecular flexibility index (Phi) is 3.86. The zero-order valence-electron chi connectivity index (χ0n) is 13.9. The van der Waals surface area contributed by atoms with E-state index in [-0.39, 0.29) is 0 Å². The highest BCUT2D eigenvalue weighted by Gasteiger charge is 2.29. The minimum Gasteiger partial charge on any atom is -0.373 e. The number of benzene rings is 2. The van der Waals surface area contributed by atoms with Gasteiger partial charge in [0.2, 0.25) is 0 Å². The molecule has 0 saturated carbocycles. The van der Waals surface area contributed by atoms with Gasteiger partial charge in [-0.25, -0.2) is 0 Å². The SMILES string of the molecule is Cc1cccc(C)c1-n1nnnc1C(C)(C)Nc1ccccc1. The Morgan fingerprint density at radius 3 is 2.22 bits per heavy atom. The lowest BCUT2D eigenvalue weighted by Crippen LogP contribution is -2.32. The Morgan fingerprint density at radius 2 is 1.57 bits per heavy atom. The predicted octanol–water partition coefficient (Wildman–Crippen LogP) is 3.63. The molecular weight excluding hydrogens is 286 g/mol. The fourth-order valence-electron chi connectivity index (χ4n) is 2.81. The van der Waals surface area contributed by atoms with Crippen LogP contribution in [0.3, 0.4) is 0 Å². The first-order chi connectivity index (χ1) is 11.0. The summed E-state index contributed by atoms with van der Waals surface area (Å²) >= 11 is 0. The molecule has 2 aromatic carbocycles. The summed E-state index contributed by atoms with van der Waals surface area (Å²) in [5.74, 6) is 0.777. The van der Waals surface area contributed by atoms with Crippen molar-refractivity contribution in [3.63, 3.8) is 0 Å². The van der Waals surface area contributed by atoms with Crippen LogP contribution in [-0.2, 0) is 5.54 Å². The van der Waals surface area contributed by atoms with E-state index in [2.05, 4.69) is 60.7 Å². The molecule has 5 nitrogen and oxygen atoms in total. The quantitative estimate of drug-likeness (QED) is 0.799. The summed E-state index contributed by atoms with van der Waals surface area (Å²) in [4.78, 5) is 0. The van der Waals surface area contributed by atoms with Crippen LogP contribution >= 0.6 is 0 Å². The number of aryl methyl sites for hydroxylation is 2. The number of aromatic nitrogens is 4. The number of anilines is 1. The Bertz CT molecular complexity index is 785. The molecule has 0 radical (unpaired) electrons. The van der Waals surface area contributed by atoms with Crippen LogP contribution in [0.1, 0.15) is 30.8 Å². The molecule has 0 bridgehead atoms. The van der Waals surface area contributed by atoms with Crippen molar-refractivity contribution in [3.8, 4) is 5.69 Å². The molecule has 23 heavy (non-hydrogen) atoms. The summed E-state index contributed by atoms with van der Waals surface area (Å²) in [6.45, 7) is 8.31. The van der Waals surface area contributed by atoms with Gasteiger partial charge in [-0.05, 0) is 61.4 Å². The van der Waals surface area contributed by atoms with E-state index in [1.165, 1.54) is 0 Å². The Hall–Kier alpha value is -2.69. The van der Waals surface area contributed by atoms with Crippen molar-refractivity contribution in [2.24, 2.45) is 0 Å². The Labute approximate surface area is 136 Å². The first-order valence-corrected chi connectivity index (χ1v) is 7.68. The Balaban J connectivity index is 2.04. The van der Waals surface area contributed by atoms with E-state index in [0.717, 1.165) is 28.3 Å². The number of tetrazole rings is 1. The molecule has 3 aromatic rings. The molecule has 3 rings (SSSR count). The average Bonchev–Trinajstić information content (AvgIpc) is 2.98. The fourth-order valence-corrected chi connectivity index (χ4v) is 2.81. The van der Waals surface area contributed by atoms with E-state index in [1.54, 1.807) is 0 Å². The smallest absolute Gasteiger partial charge is 0.181 e. The lowest BCUT2D eigenvalue weighted by atomic mass is 10.0. The van der Waals surface area contributed by atoms with Gasteiger partial charge in [-0.3, -0.25) is 0 Å². The number of nitrogens with zero attached hydrogens (tertiary/aromatic N) is 4. The van der Waals surface area contributed by atoms with Crippen molar-refractivity contribution in [2.45, 2.75) is 33.2 Å². The normalized spacial score (nSPS) is 11.5. The fraction of sp³-hybridized carbons (Fsp3) is 0.278. The number of hydrogen-bond acceptors (Lipinski definition) is 4. The zero-order chi connectivity index (χ0) is 16.4. The molecule has 1 N–H and O–H groups in total. The summed E-state index contributed by atoms with van der Waals surface area (Å²) < 4.78 is 1.83. The lowest BCUT2D eigenvalue weighted by molar-refractivity contribution is 0.541. The first kappa shape index (κ1) is 15.2. The molecule has 1 heterocycles. The van der Waals surface area contributed by atoms with Crippen LogP contribution in [-0.4, -0.2) is 20.2 Å². The third-order valence-electron chi connectivity index (χ3n) is 3.91. The topological polar surface area (TPSA) is 55.6 Å². The third-order valence-corrected chi connectivity index (χ3v) is 3.91. The molecule has 0 spiro atoms. The molecule has 0 atom stereocenters. The van der Waals surface area contributed by atoms with Crippen molar-refractivity contribution in [1.29, 1.82) is 0 Å². The highest BCUT2D eigenvalue weighted by Crippen LogP contribution is 2.27. The number of para-hydroxylation sites is 2. The van der Waals surface area contributed by atoms with Crippen LogP contribution in [0.2, 0.25) is 0 Å². The molecule has 0 unspecified atom stereocenters. The standard InChI is InChI=1S/C18H21N5/c1-13-9-8-10-14(2)16(13)23-17(20-21-22-23)18(3,4)19-15-11-6-5-7-12-15/h5-12,19H,1-4H3. The van der Waals surface area contributed by atoms with Gasteiger partial charge in [0.05, 0.1) is 11.2 Å². The van der Waals surface area contributed by atoms with Gasteiger partial charge >= 0.3 is 0 Å². The van der Waals surface area contributed by atoms with Gasteiger partial charge in [-0.2, -0.15) is 4.68 Å². The highest BCUT2D eigenvalue weighted by atomic mass is 15.6. The monoisotopic (exact) mass is 307 g/mol. The highest BCUT2D eigenvalue weighted by molar-refractivity contribution is 5.49. The maximum atomic E-state index is 4.28. The van der Waals surface area contributed by atoms with Crippen LogP contribution in [0, 0.1) is 13.8 Å². The van der Waals surface area contributed by atoms with Gasteiger partial charge in [0.1, 0.15) is 0 Å². The van der Waals surface area contributed by atoms with E-state index in [1.807, 2.05) is 41.1 Å². The van der Waals surface area contributed by atoms with Gasteiger partial charge in [0.15, 0.2) is 5.82 Å². The van der Waals surface area contributed by atoms with Crippen molar-refractivity contribution in [2.75, 3.05) is 5.32 Å². The van der Waals surface area contributed by atoms with Gasteiger partial charge in [0, 0.05) is 5.69 Å². The maximum Gasteiger partial charge on any atom is 0.181 e. The summed E-state index contributed by atoms with van der Waals surface area (Å²) in [5.41, 5.74) is 3.95. The minimum atomic E-state index is -0.417. The number of hydrogen-bond donors (Lipinski definition) is 1. The average molecular weight is 307 g/mol. The van der Waals surface area contributed by atoms with Crippen LogP contribution in [0.5, 0.6) is 0 Å². The van der Waals surface area contributed by atoms with Crippen molar-refractivity contribution >= 4 is 5.69 Å². The van der Waals surface area contributed by atoms with Crippen LogP contribution in [0.25, 0.3) is 5.69 Å². The Morgan fingerprint density at radius 1 is 0.913 bits per heavy atom. The minimum absolute atomic E-state index is 0.417. The van der Waals surface area contributed by atoms with E-state index in [0.29, 0.717) is 0 Å². The number of rotatable bonds is 4. The predicted molar refractivity (Wildman–Crippen MR) is 91.7 cm³/mol. The van der Waals surface area contributed by atoms with Crippen molar-refractivity contribution in [1.82, 2.24) is 20.2 Å². The molecule has 0 saturated heterocycles. The molecule has 0 aliphatic heterocycles. The van der Waals surface area contributed by atoms with E-state index < -0.39 is 5.54 Å². The number of nitrogens with one attached hydrogen (secondary N) is 1. The molecular formula is C18H21N5. The second-order valence-electron chi connectivity index (χ2n) is 6.27. The largest absolute Gasteiger partial charge is 0.373 e. The molecule has 1 aromatic heterocycles. The van der Waals surface area contributed by atoms with E-state index in [9.17, 15) is 0 Å². The van der Waals surface area contributed by atoms with E-state index in [4.69, 9.17) is 0 Å². The summed E-state index contributed by atoms with van der Waals surface area (Å²) in [6.07, 6.45) is 0. The van der Waals surface area contributed by atoms with Crippen molar-refractivity contribution < 1.29 is 0 Å². The molecule has 5 heteroatoms. The van der Waals surface area contributed by atoms with Crippen LogP contribution < -0.4 is 5.32 Å². The zero-order valence-corrected chi connectivity index (χ0v) is 13.9. The van der Waals surface area contributed by atoms with Gasteiger partial charge in [-0.1, -0.05) is 36.4 Å². The summed E-state index contributed by atoms with van der Waals surface area (Å²) in [5, 5.41) is 15.9. The second kappa shape index (κ2) is 5.83. The third kappa shape index (κ3) is 2.95. The summed E-state index contributed by atoms with van der Waals surface area (Å²) in [7, 11) is 0. The molecule has 0 aliphatic carbocycles. The van der Waals surface area contributed by atoms with Crippen LogP contribution in [0.4, 0.5) is 5.69 Å². The second-order valence-corrected chi connectivity index (χ2v) is 6.27. The van der Waals surface area contributed by atoms with Crippen LogP contribution in [0.15, 0.2) is 48.5 Å².